The molecule has 2 amide bonds. The molecule has 2 aromatic heterocycles. The van der Waals surface area contributed by atoms with E-state index >= 15 is 0 Å². The molecule has 0 saturated heterocycles. The first-order chi connectivity index (χ1) is 16.4. The van der Waals surface area contributed by atoms with Crippen molar-refractivity contribution in [2.24, 2.45) is 0 Å². The van der Waals surface area contributed by atoms with Crippen LogP contribution in [0, 0.1) is 0 Å². The van der Waals surface area contributed by atoms with Gasteiger partial charge in [0.15, 0.2) is 0 Å². The molecule has 4 N–H and O–H groups in total. The Balaban J connectivity index is 1.58. The van der Waals surface area contributed by atoms with Gasteiger partial charge >= 0.3 is 6.03 Å². The van der Waals surface area contributed by atoms with Gasteiger partial charge in [0, 0.05) is 41.0 Å². The van der Waals surface area contributed by atoms with Crippen LogP contribution in [-0.2, 0) is 0 Å². The van der Waals surface area contributed by atoms with Gasteiger partial charge < -0.3 is 20.9 Å². The Kier molecular flexibility index (Phi) is 5.61. The number of rotatable bonds is 5. The Morgan fingerprint density at radius 1 is 1.06 bits per heavy atom. The molecule has 1 fully saturated rings. The average molecular weight is 456 g/mol. The van der Waals surface area contributed by atoms with Crippen LogP contribution >= 0.6 is 0 Å². The van der Waals surface area contributed by atoms with Gasteiger partial charge in [-0.25, -0.2) is 4.79 Å². The smallest absolute Gasteiger partial charge is 0.319 e. The lowest BCUT2D eigenvalue weighted by Crippen LogP contribution is -2.34. The second-order valence-electron chi connectivity index (χ2n) is 9.16. The third kappa shape index (κ3) is 3.94. The molecule has 1 aliphatic rings. The summed E-state index contributed by atoms with van der Waals surface area (Å²) in [6.45, 7) is 3.84. The average Bonchev–Trinajstić information content (AvgIpc) is 3.04. The molecule has 4 aromatic rings. The van der Waals surface area contributed by atoms with Crippen molar-refractivity contribution in [2.45, 2.75) is 45.2 Å². The second-order valence-corrected chi connectivity index (χ2v) is 9.16. The van der Waals surface area contributed by atoms with E-state index in [0.717, 1.165) is 52.1 Å². The number of amides is 2. The minimum absolute atomic E-state index is 0.0638. The van der Waals surface area contributed by atoms with Crippen LogP contribution in [-0.4, -0.2) is 21.2 Å². The van der Waals surface area contributed by atoms with Crippen molar-refractivity contribution in [3.63, 3.8) is 0 Å². The standard InChI is InChI=1S/C27H29N5O2/c1-17(2)29-27(34)30-19-11-9-18(10-12-19)26-25(28)22-14-13-21(31-15-4-3-8-24(31)33)16-23(22)32(26)20-6-5-7-20/h3-4,8-17,20H,5-7,28H2,1-2H3,(H2,29,30,34). The molecular weight excluding hydrogens is 426 g/mol. The van der Waals surface area contributed by atoms with E-state index in [9.17, 15) is 9.59 Å². The van der Waals surface area contributed by atoms with E-state index in [4.69, 9.17) is 5.73 Å². The van der Waals surface area contributed by atoms with Crippen molar-refractivity contribution in [1.82, 2.24) is 14.5 Å². The number of benzene rings is 2. The second kappa shape index (κ2) is 8.74. The number of nitrogen functional groups attached to an aromatic ring is 1. The molecule has 7 heteroatoms. The minimum Gasteiger partial charge on any atom is -0.396 e. The molecule has 0 unspecified atom stereocenters. The molecule has 0 radical (unpaired) electrons. The Morgan fingerprint density at radius 2 is 1.82 bits per heavy atom. The SMILES string of the molecule is CC(C)NC(=O)Nc1ccc(-c2c(N)c3ccc(-n4ccccc4=O)cc3n2C2CCC2)cc1. The molecule has 0 spiro atoms. The quantitative estimate of drug-likeness (QED) is 0.381. The van der Waals surface area contributed by atoms with E-state index in [2.05, 4.69) is 21.3 Å². The van der Waals surface area contributed by atoms with Crippen LogP contribution in [0.15, 0.2) is 71.7 Å². The molecule has 34 heavy (non-hydrogen) atoms. The fourth-order valence-corrected chi connectivity index (χ4v) is 4.57. The summed E-state index contributed by atoms with van der Waals surface area (Å²) in [6.07, 6.45) is 5.17. The van der Waals surface area contributed by atoms with E-state index in [-0.39, 0.29) is 17.6 Å². The highest BCUT2D eigenvalue weighted by molar-refractivity contribution is 6.02. The van der Waals surface area contributed by atoms with Crippen LogP contribution in [0.1, 0.15) is 39.2 Å². The molecule has 7 nitrogen and oxygen atoms in total. The number of nitrogens with one attached hydrogen (secondary N) is 2. The van der Waals surface area contributed by atoms with Crippen LogP contribution in [0.3, 0.4) is 0 Å². The molecule has 2 aromatic carbocycles. The number of urea groups is 1. The zero-order chi connectivity index (χ0) is 23.8. The number of nitrogens with two attached hydrogens (primary N) is 1. The largest absolute Gasteiger partial charge is 0.396 e. The van der Waals surface area contributed by atoms with Crippen molar-refractivity contribution in [3.8, 4) is 16.9 Å². The van der Waals surface area contributed by atoms with Gasteiger partial charge in [-0.3, -0.25) is 9.36 Å². The summed E-state index contributed by atoms with van der Waals surface area (Å²) in [5.41, 5.74) is 11.9. The lowest BCUT2D eigenvalue weighted by molar-refractivity contribution is 0.250. The maximum atomic E-state index is 12.4. The summed E-state index contributed by atoms with van der Waals surface area (Å²) in [5.74, 6) is 0. The summed E-state index contributed by atoms with van der Waals surface area (Å²) < 4.78 is 3.98. The van der Waals surface area contributed by atoms with E-state index in [1.54, 1.807) is 22.9 Å². The maximum absolute atomic E-state index is 12.4. The van der Waals surface area contributed by atoms with Crippen LogP contribution in [0.2, 0.25) is 0 Å². The van der Waals surface area contributed by atoms with E-state index < -0.39 is 0 Å². The number of nitrogens with zero attached hydrogens (tertiary/aromatic N) is 2. The lowest BCUT2D eigenvalue weighted by Gasteiger charge is -2.30. The first-order valence-corrected chi connectivity index (χ1v) is 11.7. The van der Waals surface area contributed by atoms with Gasteiger partial charge in [-0.15, -0.1) is 0 Å². The topological polar surface area (TPSA) is 94.1 Å². The van der Waals surface area contributed by atoms with Gasteiger partial charge in [0.05, 0.1) is 22.6 Å². The minimum atomic E-state index is -0.227. The molecule has 2 heterocycles. The number of carbonyl (C=O) groups excluding carboxylic acids is 1. The van der Waals surface area contributed by atoms with E-state index in [1.807, 2.05) is 56.3 Å². The zero-order valence-corrected chi connectivity index (χ0v) is 19.4. The number of aromatic nitrogens is 2. The van der Waals surface area contributed by atoms with E-state index in [0.29, 0.717) is 6.04 Å². The van der Waals surface area contributed by atoms with Crippen molar-refractivity contribution in [2.75, 3.05) is 11.1 Å². The Bertz CT molecular complexity index is 1410. The molecule has 1 saturated carbocycles. The number of hydrogen-bond donors (Lipinski definition) is 3. The van der Waals surface area contributed by atoms with Crippen LogP contribution < -0.4 is 21.9 Å². The predicted molar refractivity (Wildman–Crippen MR) is 138 cm³/mol. The van der Waals surface area contributed by atoms with Crippen molar-refractivity contribution in [3.05, 3.63) is 77.2 Å². The van der Waals surface area contributed by atoms with Gasteiger partial charge in [0.2, 0.25) is 0 Å². The predicted octanol–water partition coefficient (Wildman–Crippen LogP) is 5.30. The third-order valence-electron chi connectivity index (χ3n) is 6.40. The summed E-state index contributed by atoms with van der Waals surface area (Å²) in [5, 5.41) is 6.67. The maximum Gasteiger partial charge on any atom is 0.319 e. The Morgan fingerprint density at radius 3 is 2.47 bits per heavy atom. The van der Waals surface area contributed by atoms with Gasteiger partial charge in [-0.1, -0.05) is 18.2 Å². The fraction of sp³-hybridized carbons (Fsp3) is 0.259. The molecule has 174 valence electrons. The summed E-state index contributed by atoms with van der Waals surface area (Å²) >= 11 is 0. The molecule has 1 aliphatic carbocycles. The number of fused-ring (bicyclic) bond motifs is 1. The van der Waals surface area contributed by atoms with Gasteiger partial charge in [-0.05, 0) is 69.5 Å². The van der Waals surface area contributed by atoms with Crippen LogP contribution in [0.25, 0.3) is 27.8 Å². The summed E-state index contributed by atoms with van der Waals surface area (Å²) in [4.78, 5) is 24.4. The number of anilines is 2. The molecular formula is C27H29N5O2. The monoisotopic (exact) mass is 455 g/mol. The molecule has 0 atom stereocenters. The summed E-state index contributed by atoms with van der Waals surface area (Å²) in [7, 11) is 0. The van der Waals surface area contributed by atoms with Crippen LogP contribution in [0.4, 0.5) is 16.2 Å². The lowest BCUT2D eigenvalue weighted by atomic mass is 9.92. The normalized spacial score (nSPS) is 13.7. The fourth-order valence-electron chi connectivity index (χ4n) is 4.57. The summed E-state index contributed by atoms with van der Waals surface area (Å²) in [6, 6.07) is 19.1. The van der Waals surface area contributed by atoms with Gasteiger partial charge in [0.1, 0.15) is 0 Å². The first kappa shape index (κ1) is 21.8. The van der Waals surface area contributed by atoms with Crippen LogP contribution in [0.5, 0.6) is 0 Å². The highest BCUT2D eigenvalue weighted by Crippen LogP contribution is 2.44. The Labute approximate surface area is 198 Å². The first-order valence-electron chi connectivity index (χ1n) is 11.7. The Hall–Kier alpha value is -4.00. The number of carbonyl (C=O) groups is 1. The molecule has 5 rings (SSSR count). The van der Waals surface area contributed by atoms with Crippen molar-refractivity contribution < 1.29 is 4.79 Å². The zero-order valence-electron chi connectivity index (χ0n) is 19.4. The highest BCUT2D eigenvalue weighted by atomic mass is 16.2. The number of hydrogen-bond acceptors (Lipinski definition) is 3. The highest BCUT2D eigenvalue weighted by Gasteiger charge is 2.27. The van der Waals surface area contributed by atoms with E-state index in [1.165, 1.54) is 6.42 Å². The van der Waals surface area contributed by atoms with Gasteiger partial charge in [-0.2, -0.15) is 0 Å². The van der Waals surface area contributed by atoms with Gasteiger partial charge in [0.25, 0.3) is 5.56 Å². The third-order valence-corrected chi connectivity index (χ3v) is 6.40. The molecule has 0 bridgehead atoms. The van der Waals surface area contributed by atoms with Crippen molar-refractivity contribution >= 4 is 28.3 Å². The molecule has 0 aliphatic heterocycles. The number of pyridine rings is 1. The van der Waals surface area contributed by atoms with Crippen molar-refractivity contribution in [1.29, 1.82) is 0 Å².